The van der Waals surface area contributed by atoms with Gasteiger partial charge in [0, 0.05) is 0 Å². The average molecular weight is 281 g/mol. The normalized spacial score (nSPS) is 10.1. The van der Waals surface area contributed by atoms with Crippen molar-refractivity contribution in [3.63, 3.8) is 0 Å². The molecule has 0 aromatic heterocycles. The molecule has 20 heavy (non-hydrogen) atoms. The van der Waals surface area contributed by atoms with Gasteiger partial charge in [0.1, 0.15) is 5.75 Å². The van der Waals surface area contributed by atoms with Crippen LogP contribution in [-0.4, -0.2) is 14.8 Å². The van der Waals surface area contributed by atoms with Crippen molar-refractivity contribution in [3.8, 4) is 11.8 Å². The fourth-order valence-electron chi connectivity index (χ4n) is 1.77. The van der Waals surface area contributed by atoms with Gasteiger partial charge in [0.15, 0.2) is 0 Å². The summed E-state index contributed by atoms with van der Waals surface area (Å²) in [6.45, 7) is 4.48. The molecule has 0 saturated carbocycles. The zero-order chi connectivity index (χ0) is 14.5. The Balaban J connectivity index is 2.09. The second kappa shape index (κ2) is 6.18. The third-order valence-electron chi connectivity index (χ3n) is 3.01. The number of carbonyl (C=O) groups is 1. The lowest BCUT2D eigenvalue weighted by atomic mass is 10.2. The van der Waals surface area contributed by atoms with Crippen LogP contribution in [0.1, 0.15) is 15.9 Å². The highest BCUT2D eigenvalue weighted by Gasteiger charge is 2.09. The number of nitrogens with zero attached hydrogens (tertiary/aromatic N) is 1. The largest absolute Gasteiger partial charge is 0.423 e. The fraction of sp³-hybridized carbons (Fsp3) is 0.125. The molecule has 0 N–H and O–H groups in total. The lowest BCUT2D eigenvalue weighted by Gasteiger charge is -2.06. The predicted molar refractivity (Wildman–Crippen MR) is 81.1 cm³/mol. The highest BCUT2D eigenvalue weighted by Crippen LogP contribution is 2.13. The van der Waals surface area contributed by atoms with E-state index < -0.39 is 8.80 Å². The summed E-state index contributed by atoms with van der Waals surface area (Å²) in [7, 11) is -0.841. The van der Waals surface area contributed by atoms with Crippen molar-refractivity contribution >= 4 is 20.0 Å². The van der Waals surface area contributed by atoms with Crippen LogP contribution in [0, 0.1) is 11.3 Å². The Kier molecular flexibility index (Phi) is 4.33. The first-order valence-corrected chi connectivity index (χ1v) is 9.31. The molecule has 100 valence electrons. The van der Waals surface area contributed by atoms with Gasteiger partial charge in [0.05, 0.1) is 26.0 Å². The Morgan fingerprint density at radius 1 is 1.05 bits per heavy atom. The smallest absolute Gasteiger partial charge is 0.343 e. The molecule has 3 nitrogen and oxygen atoms in total. The minimum absolute atomic E-state index is 0.383. The van der Waals surface area contributed by atoms with E-state index in [-0.39, 0.29) is 5.97 Å². The first-order chi connectivity index (χ1) is 9.60. The summed E-state index contributed by atoms with van der Waals surface area (Å²) in [5.74, 6) is 0.0583. The van der Waals surface area contributed by atoms with Crippen molar-refractivity contribution in [2.75, 3.05) is 0 Å². The Morgan fingerprint density at radius 2 is 1.65 bits per heavy atom. The van der Waals surface area contributed by atoms with Crippen molar-refractivity contribution in [2.45, 2.75) is 13.1 Å². The van der Waals surface area contributed by atoms with E-state index in [0.29, 0.717) is 16.9 Å². The van der Waals surface area contributed by atoms with Crippen LogP contribution in [0.4, 0.5) is 0 Å². The van der Waals surface area contributed by atoms with Gasteiger partial charge in [-0.2, -0.15) is 5.26 Å². The van der Waals surface area contributed by atoms with Crippen LogP contribution in [0.2, 0.25) is 13.1 Å². The highest BCUT2D eigenvalue weighted by atomic mass is 28.3. The molecule has 0 amide bonds. The van der Waals surface area contributed by atoms with Crippen LogP contribution in [-0.2, 0) is 0 Å². The third-order valence-corrected chi connectivity index (χ3v) is 4.73. The summed E-state index contributed by atoms with van der Waals surface area (Å²) in [5, 5.41) is 10.0. The predicted octanol–water partition coefficient (Wildman–Crippen LogP) is 2.47. The molecular weight excluding hydrogens is 266 g/mol. The number of rotatable bonds is 3. The molecule has 0 heterocycles. The number of carbonyl (C=O) groups excluding carboxylic acids is 1. The third kappa shape index (κ3) is 3.34. The Bertz CT molecular complexity index is 640. The van der Waals surface area contributed by atoms with Crippen molar-refractivity contribution in [1.29, 1.82) is 5.26 Å². The minimum Gasteiger partial charge on any atom is -0.423 e. The molecule has 0 aliphatic rings. The maximum Gasteiger partial charge on any atom is 0.343 e. The molecule has 4 heteroatoms. The first-order valence-electron chi connectivity index (χ1n) is 6.42. The second-order valence-electron chi connectivity index (χ2n) is 4.80. The zero-order valence-electron chi connectivity index (χ0n) is 11.5. The Morgan fingerprint density at radius 3 is 2.15 bits per heavy atom. The van der Waals surface area contributed by atoms with Gasteiger partial charge in [-0.15, -0.1) is 0 Å². The highest BCUT2D eigenvalue weighted by molar-refractivity contribution is 6.70. The van der Waals surface area contributed by atoms with Gasteiger partial charge in [0.25, 0.3) is 0 Å². The van der Waals surface area contributed by atoms with Gasteiger partial charge in [-0.1, -0.05) is 30.4 Å². The molecule has 0 saturated heterocycles. The summed E-state index contributed by atoms with van der Waals surface area (Å²) in [6.07, 6.45) is 0. The van der Waals surface area contributed by atoms with Gasteiger partial charge < -0.3 is 4.74 Å². The molecule has 0 unspecified atom stereocenters. The van der Waals surface area contributed by atoms with E-state index in [9.17, 15) is 4.79 Å². The lowest BCUT2D eigenvalue weighted by molar-refractivity contribution is 0.0735. The lowest BCUT2D eigenvalue weighted by Crippen LogP contribution is -2.22. The van der Waals surface area contributed by atoms with Crippen LogP contribution in [0.5, 0.6) is 5.75 Å². The Labute approximate surface area is 120 Å². The van der Waals surface area contributed by atoms with E-state index in [1.165, 1.54) is 5.19 Å². The summed E-state index contributed by atoms with van der Waals surface area (Å²) in [5.41, 5.74) is 1.07. The molecule has 0 atom stereocenters. The van der Waals surface area contributed by atoms with E-state index in [1.807, 2.05) is 18.2 Å². The second-order valence-corrected chi connectivity index (χ2v) is 7.78. The van der Waals surface area contributed by atoms with Gasteiger partial charge in [-0.25, -0.2) is 4.79 Å². The molecule has 0 radical (unpaired) electrons. The number of hydrogen-bond donors (Lipinski definition) is 0. The average Bonchev–Trinajstić information content (AvgIpc) is 2.48. The van der Waals surface area contributed by atoms with Gasteiger partial charge in [0.2, 0.25) is 0 Å². The first kappa shape index (κ1) is 14.0. The quantitative estimate of drug-likeness (QED) is 0.493. The maximum atomic E-state index is 12.0. The summed E-state index contributed by atoms with van der Waals surface area (Å²) in [6, 6.07) is 16.1. The van der Waals surface area contributed by atoms with Crippen LogP contribution < -0.4 is 9.92 Å². The summed E-state index contributed by atoms with van der Waals surface area (Å²) < 4.78 is 5.26. The summed E-state index contributed by atoms with van der Waals surface area (Å²) in [4.78, 5) is 12.0. The summed E-state index contributed by atoms with van der Waals surface area (Å²) >= 11 is 0. The van der Waals surface area contributed by atoms with Crippen LogP contribution >= 0.6 is 0 Å². The number of hydrogen-bond acceptors (Lipinski definition) is 3. The number of benzene rings is 2. The topological polar surface area (TPSA) is 50.1 Å². The molecule has 2 aromatic rings. The van der Waals surface area contributed by atoms with E-state index in [0.717, 1.165) is 0 Å². The molecule has 2 aromatic carbocycles. The van der Waals surface area contributed by atoms with Crippen molar-refractivity contribution in [1.82, 2.24) is 0 Å². The number of nitriles is 1. The van der Waals surface area contributed by atoms with Crippen molar-refractivity contribution in [3.05, 3.63) is 59.7 Å². The fourth-order valence-corrected chi connectivity index (χ4v) is 2.73. The molecular formula is C16H15NO2Si. The molecule has 0 aliphatic carbocycles. The maximum absolute atomic E-state index is 12.0. The van der Waals surface area contributed by atoms with Crippen LogP contribution in [0.3, 0.4) is 0 Å². The van der Waals surface area contributed by atoms with Gasteiger partial charge >= 0.3 is 5.97 Å². The number of esters is 1. The molecule has 0 bridgehead atoms. The standard InChI is InChI=1S/C16H15NO2Si/c1-20(2)15-9-5-13(6-10-15)16(18)19-14-7-3-12(11-17)4-8-14/h3-10,20H,1-2H3. The van der Waals surface area contributed by atoms with E-state index in [1.54, 1.807) is 36.4 Å². The van der Waals surface area contributed by atoms with Crippen LogP contribution in [0.15, 0.2) is 48.5 Å². The monoisotopic (exact) mass is 281 g/mol. The number of ether oxygens (including phenoxy) is 1. The zero-order valence-corrected chi connectivity index (χ0v) is 12.6. The molecule has 2 rings (SSSR count). The van der Waals surface area contributed by atoms with Gasteiger partial charge in [-0.3, -0.25) is 0 Å². The van der Waals surface area contributed by atoms with Crippen molar-refractivity contribution < 1.29 is 9.53 Å². The van der Waals surface area contributed by atoms with E-state index >= 15 is 0 Å². The van der Waals surface area contributed by atoms with Gasteiger partial charge in [-0.05, 0) is 36.4 Å². The minimum atomic E-state index is -0.841. The molecule has 0 fully saturated rings. The Hall–Kier alpha value is -2.38. The SMILES string of the molecule is C[SiH](C)c1ccc(C(=O)Oc2ccc(C#N)cc2)cc1. The van der Waals surface area contributed by atoms with Crippen molar-refractivity contribution in [2.24, 2.45) is 0 Å². The van der Waals surface area contributed by atoms with E-state index in [2.05, 4.69) is 13.1 Å². The molecule has 0 aliphatic heterocycles. The van der Waals surface area contributed by atoms with E-state index in [4.69, 9.17) is 10.00 Å². The van der Waals surface area contributed by atoms with Crippen LogP contribution in [0.25, 0.3) is 0 Å². The molecule has 0 spiro atoms.